The van der Waals surface area contributed by atoms with Crippen molar-refractivity contribution < 1.29 is 18.7 Å². The van der Waals surface area contributed by atoms with Gasteiger partial charge in [-0.05, 0) is 25.0 Å². The highest BCUT2D eigenvalue weighted by molar-refractivity contribution is 7.18. The SMILES string of the molecule is O=CNc1nc(-c2ccco2)c(C(=O)C2CCOCC2)s1. The Labute approximate surface area is 125 Å². The molecule has 0 aromatic carbocycles. The number of hydrogen-bond acceptors (Lipinski definition) is 6. The molecule has 0 aliphatic carbocycles. The van der Waals surface area contributed by atoms with E-state index in [1.165, 1.54) is 17.6 Å². The summed E-state index contributed by atoms with van der Waals surface area (Å²) in [5.41, 5.74) is 0.492. The summed E-state index contributed by atoms with van der Waals surface area (Å²) in [5, 5.41) is 2.89. The molecule has 0 atom stereocenters. The highest BCUT2D eigenvalue weighted by atomic mass is 32.1. The first kappa shape index (κ1) is 14.0. The molecule has 1 aliphatic heterocycles. The van der Waals surface area contributed by atoms with E-state index in [0.717, 1.165) is 0 Å². The third kappa shape index (κ3) is 2.88. The Morgan fingerprint density at radius 3 is 2.90 bits per heavy atom. The van der Waals surface area contributed by atoms with Crippen LogP contribution in [0.3, 0.4) is 0 Å². The van der Waals surface area contributed by atoms with Gasteiger partial charge in [0.2, 0.25) is 6.41 Å². The molecular formula is C14H14N2O4S. The quantitative estimate of drug-likeness (QED) is 0.678. The molecule has 1 aliphatic rings. The molecule has 6 nitrogen and oxygen atoms in total. The van der Waals surface area contributed by atoms with Gasteiger partial charge in [-0.2, -0.15) is 0 Å². The second-order valence-corrected chi connectivity index (χ2v) is 5.69. The number of ether oxygens (including phenoxy) is 1. The van der Waals surface area contributed by atoms with E-state index in [1.54, 1.807) is 12.1 Å². The third-order valence-electron chi connectivity index (χ3n) is 3.38. The summed E-state index contributed by atoms with van der Waals surface area (Å²) in [6, 6.07) is 3.49. The lowest BCUT2D eigenvalue weighted by atomic mass is 9.94. The third-order valence-corrected chi connectivity index (χ3v) is 4.38. The molecule has 1 amide bonds. The fraction of sp³-hybridized carbons (Fsp3) is 0.357. The Morgan fingerprint density at radius 2 is 2.24 bits per heavy atom. The van der Waals surface area contributed by atoms with Crippen LogP contribution in [0.15, 0.2) is 22.8 Å². The molecule has 1 saturated heterocycles. The van der Waals surface area contributed by atoms with Crippen LogP contribution in [0.2, 0.25) is 0 Å². The van der Waals surface area contributed by atoms with Gasteiger partial charge in [0.1, 0.15) is 10.6 Å². The average molecular weight is 306 g/mol. The standard InChI is InChI=1S/C14H14N2O4S/c17-8-15-14-16-11(10-2-1-5-20-10)13(21-14)12(18)9-3-6-19-7-4-9/h1-2,5,8-9H,3-4,6-7H2,(H,15,16,17). The maximum atomic E-state index is 12.7. The van der Waals surface area contributed by atoms with Crippen LogP contribution in [0.4, 0.5) is 5.13 Å². The van der Waals surface area contributed by atoms with E-state index in [0.29, 0.717) is 53.9 Å². The predicted molar refractivity (Wildman–Crippen MR) is 77.4 cm³/mol. The number of rotatable bonds is 5. The average Bonchev–Trinajstić information content (AvgIpc) is 3.16. The molecule has 21 heavy (non-hydrogen) atoms. The summed E-state index contributed by atoms with van der Waals surface area (Å²) in [5.74, 6) is 0.513. The van der Waals surface area contributed by atoms with Gasteiger partial charge in [-0.3, -0.25) is 9.59 Å². The van der Waals surface area contributed by atoms with E-state index in [1.807, 2.05) is 0 Å². The number of thiazole rings is 1. The number of furan rings is 1. The fourth-order valence-corrected chi connectivity index (χ4v) is 3.27. The first-order chi connectivity index (χ1) is 10.3. The zero-order valence-corrected chi connectivity index (χ0v) is 12.0. The number of carbonyl (C=O) groups excluding carboxylic acids is 2. The van der Waals surface area contributed by atoms with E-state index in [-0.39, 0.29) is 11.7 Å². The summed E-state index contributed by atoms with van der Waals surface area (Å²) in [6.45, 7) is 1.20. The van der Waals surface area contributed by atoms with Crippen molar-refractivity contribution in [2.24, 2.45) is 5.92 Å². The molecule has 3 rings (SSSR count). The molecule has 0 unspecified atom stereocenters. The Bertz CT molecular complexity index is 629. The highest BCUT2D eigenvalue weighted by Crippen LogP contribution is 2.34. The van der Waals surface area contributed by atoms with E-state index >= 15 is 0 Å². The normalized spacial score (nSPS) is 15.8. The second-order valence-electron chi connectivity index (χ2n) is 4.69. The first-order valence-corrected chi connectivity index (χ1v) is 7.48. The minimum absolute atomic E-state index is 0.0427. The van der Waals surface area contributed by atoms with Crippen molar-refractivity contribution in [3.63, 3.8) is 0 Å². The Kier molecular flexibility index (Phi) is 4.12. The van der Waals surface area contributed by atoms with E-state index < -0.39 is 0 Å². The topological polar surface area (TPSA) is 81.4 Å². The maximum Gasteiger partial charge on any atom is 0.213 e. The van der Waals surface area contributed by atoms with Crippen molar-refractivity contribution in [2.45, 2.75) is 12.8 Å². The van der Waals surface area contributed by atoms with Gasteiger partial charge in [0, 0.05) is 19.1 Å². The number of carbonyl (C=O) groups is 2. The molecule has 0 radical (unpaired) electrons. The molecule has 1 fully saturated rings. The van der Waals surface area contributed by atoms with Crippen molar-refractivity contribution in [2.75, 3.05) is 18.5 Å². The number of ketones is 1. The lowest BCUT2D eigenvalue weighted by Gasteiger charge is -2.20. The summed E-state index contributed by atoms with van der Waals surface area (Å²) in [7, 11) is 0. The molecule has 2 aromatic rings. The van der Waals surface area contributed by atoms with Crippen LogP contribution in [0.25, 0.3) is 11.5 Å². The number of nitrogens with zero attached hydrogens (tertiary/aromatic N) is 1. The van der Waals surface area contributed by atoms with Gasteiger partial charge in [0.15, 0.2) is 16.7 Å². The van der Waals surface area contributed by atoms with Crippen LogP contribution in [0.1, 0.15) is 22.5 Å². The largest absolute Gasteiger partial charge is 0.463 e. The molecule has 1 N–H and O–H groups in total. The van der Waals surface area contributed by atoms with Gasteiger partial charge >= 0.3 is 0 Å². The number of aromatic nitrogens is 1. The molecule has 2 aromatic heterocycles. The first-order valence-electron chi connectivity index (χ1n) is 6.66. The number of anilines is 1. The van der Waals surface area contributed by atoms with Crippen molar-refractivity contribution in [1.29, 1.82) is 0 Å². The van der Waals surface area contributed by atoms with Gasteiger partial charge in [-0.15, -0.1) is 0 Å². The highest BCUT2D eigenvalue weighted by Gasteiger charge is 2.28. The van der Waals surface area contributed by atoms with Gasteiger partial charge in [-0.25, -0.2) is 4.98 Å². The lowest BCUT2D eigenvalue weighted by Crippen LogP contribution is -2.23. The molecular weight excluding hydrogens is 292 g/mol. The molecule has 7 heteroatoms. The van der Waals surface area contributed by atoms with Crippen molar-refractivity contribution >= 4 is 28.7 Å². The minimum Gasteiger partial charge on any atom is -0.463 e. The predicted octanol–water partition coefficient (Wildman–Crippen LogP) is 2.58. The number of Topliss-reactive ketones (excluding diaryl/α,β-unsaturated/α-hetero) is 1. The molecule has 110 valence electrons. The smallest absolute Gasteiger partial charge is 0.213 e. The lowest BCUT2D eigenvalue weighted by molar-refractivity contribution is -0.105. The monoisotopic (exact) mass is 306 g/mol. The summed E-state index contributed by atoms with van der Waals surface area (Å²) in [6.07, 6.45) is 3.51. The van der Waals surface area contributed by atoms with Crippen LogP contribution in [-0.4, -0.2) is 30.4 Å². The second kappa shape index (κ2) is 6.19. The molecule has 0 bridgehead atoms. The zero-order valence-electron chi connectivity index (χ0n) is 11.2. The van der Waals surface area contributed by atoms with Gasteiger partial charge in [0.25, 0.3) is 0 Å². The van der Waals surface area contributed by atoms with Crippen molar-refractivity contribution in [1.82, 2.24) is 4.98 Å². The van der Waals surface area contributed by atoms with Crippen molar-refractivity contribution in [3.8, 4) is 11.5 Å². The van der Waals surface area contributed by atoms with E-state index in [2.05, 4.69) is 10.3 Å². The van der Waals surface area contributed by atoms with E-state index in [9.17, 15) is 9.59 Å². The molecule has 3 heterocycles. The van der Waals surface area contributed by atoms with Crippen molar-refractivity contribution in [3.05, 3.63) is 23.3 Å². The van der Waals surface area contributed by atoms with Gasteiger partial charge in [-0.1, -0.05) is 11.3 Å². The fourth-order valence-electron chi connectivity index (χ4n) is 2.32. The Morgan fingerprint density at radius 1 is 1.43 bits per heavy atom. The summed E-state index contributed by atoms with van der Waals surface area (Å²) < 4.78 is 10.6. The van der Waals surface area contributed by atoms with Gasteiger partial charge < -0.3 is 14.5 Å². The minimum atomic E-state index is -0.0583. The zero-order chi connectivity index (χ0) is 14.7. The van der Waals surface area contributed by atoms with Crippen LogP contribution >= 0.6 is 11.3 Å². The maximum absolute atomic E-state index is 12.7. The number of nitrogens with one attached hydrogen (secondary N) is 1. The molecule has 0 spiro atoms. The van der Waals surface area contributed by atoms with Crippen LogP contribution < -0.4 is 5.32 Å². The summed E-state index contributed by atoms with van der Waals surface area (Å²) >= 11 is 1.18. The number of amides is 1. The van der Waals surface area contributed by atoms with Crippen LogP contribution in [0, 0.1) is 5.92 Å². The van der Waals surface area contributed by atoms with Crippen LogP contribution in [0.5, 0.6) is 0 Å². The summed E-state index contributed by atoms with van der Waals surface area (Å²) in [4.78, 5) is 28.1. The number of hydrogen-bond donors (Lipinski definition) is 1. The molecule has 0 saturated carbocycles. The Hall–Kier alpha value is -1.99. The van der Waals surface area contributed by atoms with Crippen LogP contribution in [-0.2, 0) is 9.53 Å². The van der Waals surface area contributed by atoms with E-state index in [4.69, 9.17) is 9.15 Å². The Balaban J connectivity index is 1.95. The van der Waals surface area contributed by atoms with Gasteiger partial charge in [0.05, 0.1) is 6.26 Å².